The molecular formula is C20H22N6O6. The predicted octanol–water partition coefficient (Wildman–Crippen LogP) is 0.748. The zero-order valence-corrected chi connectivity index (χ0v) is 17.5. The van der Waals surface area contributed by atoms with Gasteiger partial charge in [-0.1, -0.05) is 13.0 Å². The van der Waals surface area contributed by atoms with Crippen molar-refractivity contribution in [3.8, 4) is 0 Å². The summed E-state index contributed by atoms with van der Waals surface area (Å²) in [5.74, 6) is -1.08. The van der Waals surface area contributed by atoms with Crippen molar-refractivity contribution in [2.24, 2.45) is 0 Å². The molecule has 4 heterocycles. The van der Waals surface area contributed by atoms with Gasteiger partial charge in [0.15, 0.2) is 18.0 Å². The van der Waals surface area contributed by atoms with E-state index in [0.717, 1.165) is 5.56 Å². The molecule has 32 heavy (non-hydrogen) atoms. The van der Waals surface area contributed by atoms with E-state index < -0.39 is 36.3 Å². The van der Waals surface area contributed by atoms with E-state index in [1.807, 2.05) is 6.07 Å². The topological polar surface area (TPSA) is 153 Å². The fraction of sp³-hybridized carbons (Fsp3) is 0.400. The molecule has 0 bridgehead atoms. The van der Waals surface area contributed by atoms with Gasteiger partial charge in [0, 0.05) is 25.7 Å². The fourth-order valence-electron chi connectivity index (χ4n) is 3.58. The molecule has 3 atom stereocenters. The van der Waals surface area contributed by atoms with E-state index in [1.165, 1.54) is 22.3 Å². The SMILES string of the molecule is CCC(=O)O[C@H]1C[C@@H](OC(C)=O)[C@H](n2c(=O)n(Cc3cccnc3)c3cnc(N)nc32)O1. The molecule has 0 amide bonds. The van der Waals surface area contributed by atoms with Gasteiger partial charge >= 0.3 is 17.6 Å². The molecule has 0 aliphatic carbocycles. The fourth-order valence-corrected chi connectivity index (χ4v) is 3.58. The van der Waals surface area contributed by atoms with Gasteiger partial charge in [0.25, 0.3) is 0 Å². The molecule has 2 N–H and O–H groups in total. The number of anilines is 1. The van der Waals surface area contributed by atoms with Crippen molar-refractivity contribution >= 4 is 29.1 Å². The molecule has 0 unspecified atom stereocenters. The molecule has 0 radical (unpaired) electrons. The summed E-state index contributed by atoms with van der Waals surface area (Å²) in [7, 11) is 0. The van der Waals surface area contributed by atoms with E-state index >= 15 is 0 Å². The number of rotatable bonds is 6. The highest BCUT2D eigenvalue weighted by molar-refractivity contribution is 5.72. The monoisotopic (exact) mass is 442 g/mol. The summed E-state index contributed by atoms with van der Waals surface area (Å²) >= 11 is 0. The lowest BCUT2D eigenvalue weighted by Crippen LogP contribution is -2.34. The number of carbonyl (C=O) groups is 2. The van der Waals surface area contributed by atoms with E-state index in [0.29, 0.717) is 5.52 Å². The molecule has 168 valence electrons. The smallest absolute Gasteiger partial charge is 0.332 e. The van der Waals surface area contributed by atoms with Crippen LogP contribution in [0.5, 0.6) is 0 Å². The van der Waals surface area contributed by atoms with Crippen LogP contribution in [0.3, 0.4) is 0 Å². The van der Waals surface area contributed by atoms with E-state index in [4.69, 9.17) is 19.9 Å². The van der Waals surface area contributed by atoms with Crippen molar-refractivity contribution in [2.45, 2.75) is 51.9 Å². The van der Waals surface area contributed by atoms with Gasteiger partial charge in [-0.25, -0.2) is 14.3 Å². The van der Waals surface area contributed by atoms with Gasteiger partial charge in [-0.2, -0.15) is 4.98 Å². The summed E-state index contributed by atoms with van der Waals surface area (Å²) < 4.78 is 19.2. The molecule has 3 aromatic rings. The van der Waals surface area contributed by atoms with Crippen LogP contribution >= 0.6 is 0 Å². The van der Waals surface area contributed by atoms with Gasteiger partial charge < -0.3 is 19.9 Å². The Bertz CT molecular complexity index is 1210. The number of carbonyl (C=O) groups excluding carboxylic acids is 2. The van der Waals surface area contributed by atoms with E-state index in [-0.39, 0.29) is 31.0 Å². The summed E-state index contributed by atoms with van der Waals surface area (Å²) in [5, 5.41) is 0. The van der Waals surface area contributed by atoms with Gasteiger partial charge in [0.05, 0.1) is 19.2 Å². The molecule has 0 aromatic carbocycles. The van der Waals surface area contributed by atoms with Crippen molar-refractivity contribution in [2.75, 3.05) is 5.73 Å². The second-order valence-corrected chi connectivity index (χ2v) is 7.22. The number of hydrogen-bond donors (Lipinski definition) is 1. The molecule has 12 nitrogen and oxygen atoms in total. The molecule has 1 aliphatic heterocycles. The largest absolute Gasteiger partial charge is 0.457 e. The van der Waals surface area contributed by atoms with Crippen molar-refractivity contribution in [3.63, 3.8) is 0 Å². The number of hydrogen-bond acceptors (Lipinski definition) is 10. The first-order valence-corrected chi connectivity index (χ1v) is 10.0. The van der Waals surface area contributed by atoms with E-state index in [9.17, 15) is 14.4 Å². The maximum Gasteiger partial charge on any atom is 0.332 e. The molecule has 1 aliphatic rings. The third kappa shape index (κ3) is 4.17. The van der Waals surface area contributed by atoms with E-state index in [1.54, 1.807) is 25.4 Å². The first kappa shape index (κ1) is 21.4. The third-order valence-corrected chi connectivity index (χ3v) is 4.95. The Labute approximate surface area is 181 Å². The Balaban J connectivity index is 1.80. The Morgan fingerprint density at radius 3 is 2.81 bits per heavy atom. The molecule has 1 fully saturated rings. The Kier molecular flexibility index (Phi) is 5.86. The Morgan fingerprint density at radius 1 is 1.31 bits per heavy atom. The highest BCUT2D eigenvalue weighted by Gasteiger charge is 2.43. The molecule has 1 saturated heterocycles. The Morgan fingerprint density at radius 2 is 2.12 bits per heavy atom. The standard InChI is InChI=1S/C20H22N6O6/c1-3-15(28)31-16-7-14(30-11(2)27)18(32-16)26-17-13(9-23-19(21)24-17)25(20(26)29)10-12-5-4-6-22-8-12/h4-6,8-9,14,16,18H,3,7,10H2,1-2H3,(H2,21,23,24)/t14-,16-,18-/m1/s1. The van der Waals surface area contributed by atoms with Crippen LogP contribution in [0.15, 0.2) is 35.5 Å². The highest BCUT2D eigenvalue weighted by atomic mass is 16.7. The maximum atomic E-state index is 13.5. The zero-order chi connectivity index (χ0) is 22.8. The summed E-state index contributed by atoms with van der Waals surface area (Å²) in [6, 6.07) is 3.59. The molecule has 12 heteroatoms. The number of aromatic nitrogens is 5. The normalized spacial score (nSPS) is 20.4. The lowest BCUT2D eigenvalue weighted by molar-refractivity contribution is -0.183. The maximum absolute atomic E-state index is 13.5. The quantitative estimate of drug-likeness (QED) is 0.541. The first-order valence-electron chi connectivity index (χ1n) is 10.0. The lowest BCUT2D eigenvalue weighted by Gasteiger charge is -2.19. The molecule has 0 saturated carbocycles. The summed E-state index contributed by atoms with van der Waals surface area (Å²) in [5.41, 5.74) is 6.69. The van der Waals surface area contributed by atoms with E-state index in [2.05, 4.69) is 15.0 Å². The zero-order valence-electron chi connectivity index (χ0n) is 17.5. The van der Waals surface area contributed by atoms with Crippen LogP contribution in [-0.4, -0.2) is 48.4 Å². The van der Waals surface area contributed by atoms with Crippen LogP contribution in [0.4, 0.5) is 5.95 Å². The number of nitrogens with two attached hydrogens (primary N) is 1. The summed E-state index contributed by atoms with van der Waals surface area (Å²) in [4.78, 5) is 49.2. The lowest BCUT2D eigenvalue weighted by atomic mass is 10.2. The average Bonchev–Trinajstić information content (AvgIpc) is 3.25. The van der Waals surface area contributed by atoms with Crippen molar-refractivity contribution in [3.05, 3.63) is 46.8 Å². The number of esters is 2. The average molecular weight is 442 g/mol. The number of ether oxygens (including phenoxy) is 3. The van der Waals surface area contributed by atoms with Crippen LogP contribution in [-0.2, 0) is 30.3 Å². The van der Waals surface area contributed by atoms with Gasteiger partial charge in [-0.15, -0.1) is 0 Å². The molecule has 0 spiro atoms. The number of nitrogen functional groups attached to an aromatic ring is 1. The second-order valence-electron chi connectivity index (χ2n) is 7.22. The third-order valence-electron chi connectivity index (χ3n) is 4.95. The number of fused-ring (bicyclic) bond motifs is 1. The molecular weight excluding hydrogens is 420 g/mol. The second kappa shape index (κ2) is 8.75. The minimum absolute atomic E-state index is 0.0410. The van der Waals surface area contributed by atoms with Crippen molar-refractivity contribution in [1.82, 2.24) is 24.1 Å². The minimum atomic E-state index is -1.08. The summed E-state index contributed by atoms with van der Waals surface area (Å²) in [6.07, 6.45) is 1.99. The van der Waals surface area contributed by atoms with Crippen molar-refractivity contribution in [1.29, 1.82) is 0 Å². The number of nitrogens with zero attached hydrogens (tertiary/aromatic N) is 5. The van der Waals surface area contributed by atoms with Crippen molar-refractivity contribution < 1.29 is 23.8 Å². The van der Waals surface area contributed by atoms with Gasteiger partial charge in [-0.3, -0.25) is 19.1 Å². The van der Waals surface area contributed by atoms with Gasteiger partial charge in [0.1, 0.15) is 5.52 Å². The minimum Gasteiger partial charge on any atom is -0.457 e. The molecule has 4 rings (SSSR count). The molecule has 3 aromatic heterocycles. The van der Waals surface area contributed by atoms with Crippen LogP contribution in [0.25, 0.3) is 11.2 Å². The predicted molar refractivity (Wildman–Crippen MR) is 110 cm³/mol. The number of pyridine rings is 1. The first-order chi connectivity index (χ1) is 15.4. The van der Waals surface area contributed by atoms with Crippen LogP contribution in [0.1, 0.15) is 38.5 Å². The number of imidazole rings is 1. The van der Waals surface area contributed by atoms with Gasteiger partial charge in [0.2, 0.25) is 12.2 Å². The van der Waals surface area contributed by atoms with Crippen LogP contribution in [0, 0.1) is 0 Å². The Hall–Kier alpha value is -3.80. The highest BCUT2D eigenvalue weighted by Crippen LogP contribution is 2.33. The van der Waals surface area contributed by atoms with Crippen LogP contribution in [0.2, 0.25) is 0 Å². The summed E-state index contributed by atoms with van der Waals surface area (Å²) in [6.45, 7) is 3.09. The van der Waals surface area contributed by atoms with Gasteiger partial charge in [-0.05, 0) is 11.6 Å². The van der Waals surface area contributed by atoms with Crippen LogP contribution < -0.4 is 11.4 Å².